The van der Waals surface area contributed by atoms with E-state index in [-0.39, 0.29) is 0 Å². The molecule has 2 heterocycles. The van der Waals surface area contributed by atoms with E-state index in [1.807, 2.05) is 13.1 Å². The lowest BCUT2D eigenvalue weighted by Crippen LogP contribution is -2.05. The monoisotopic (exact) mass is 345 g/mol. The van der Waals surface area contributed by atoms with Crippen LogP contribution in [0.15, 0.2) is 23.0 Å². The summed E-state index contributed by atoms with van der Waals surface area (Å²) in [7, 11) is 3.48. The third kappa shape index (κ3) is 2.58. The van der Waals surface area contributed by atoms with Crippen LogP contribution in [-0.4, -0.2) is 24.1 Å². The van der Waals surface area contributed by atoms with Gasteiger partial charge in [-0.05, 0) is 28.7 Å². The minimum absolute atomic E-state index is 0.459. The summed E-state index contributed by atoms with van der Waals surface area (Å²) in [5.41, 5.74) is 1.72. The van der Waals surface area contributed by atoms with Gasteiger partial charge in [-0.3, -0.25) is 0 Å². The molecular formula is C11H12IN3O2. The highest BCUT2D eigenvalue weighted by Gasteiger charge is 2.12. The zero-order valence-electron chi connectivity index (χ0n) is 9.53. The zero-order valence-corrected chi connectivity index (χ0v) is 11.7. The molecule has 0 aromatic carbocycles. The number of halogens is 1. The minimum atomic E-state index is 0.459. The van der Waals surface area contributed by atoms with Gasteiger partial charge in [0.25, 0.3) is 0 Å². The average molecular weight is 345 g/mol. The summed E-state index contributed by atoms with van der Waals surface area (Å²) in [6, 6.07) is 1.83. The van der Waals surface area contributed by atoms with Gasteiger partial charge in [0.15, 0.2) is 5.82 Å². The highest BCUT2D eigenvalue weighted by molar-refractivity contribution is 14.1. The predicted molar refractivity (Wildman–Crippen MR) is 72.7 cm³/mol. The molecule has 0 unspecified atom stereocenters. The number of furan rings is 1. The molecule has 6 heteroatoms. The third-order valence-corrected chi connectivity index (χ3v) is 3.35. The Bertz CT molecular complexity index is 500. The van der Waals surface area contributed by atoms with E-state index in [0.717, 1.165) is 20.6 Å². The number of ether oxygens (including phenoxy) is 1. The van der Waals surface area contributed by atoms with Crippen molar-refractivity contribution in [2.24, 2.45) is 0 Å². The van der Waals surface area contributed by atoms with Crippen molar-refractivity contribution in [1.29, 1.82) is 0 Å². The Labute approximate surface area is 113 Å². The quantitative estimate of drug-likeness (QED) is 0.863. The smallest absolute Gasteiger partial charge is 0.165 e. The van der Waals surface area contributed by atoms with E-state index in [2.05, 4.69) is 37.9 Å². The van der Waals surface area contributed by atoms with Crippen LogP contribution in [-0.2, 0) is 11.3 Å². The van der Waals surface area contributed by atoms with E-state index >= 15 is 0 Å². The lowest BCUT2D eigenvalue weighted by atomic mass is 10.3. The number of hydrogen-bond donors (Lipinski definition) is 1. The number of methoxy groups -OCH3 is 1. The topological polar surface area (TPSA) is 60.2 Å². The predicted octanol–water partition coefficient (Wildman–Crippen LogP) is 2.53. The highest BCUT2D eigenvalue weighted by Crippen LogP contribution is 2.24. The summed E-state index contributed by atoms with van der Waals surface area (Å²) < 4.78 is 11.1. The molecule has 0 amide bonds. The van der Waals surface area contributed by atoms with Gasteiger partial charge in [-0.15, -0.1) is 0 Å². The molecule has 0 aliphatic carbocycles. The molecule has 90 valence electrons. The van der Waals surface area contributed by atoms with E-state index in [1.54, 1.807) is 19.6 Å². The van der Waals surface area contributed by atoms with Gasteiger partial charge < -0.3 is 14.5 Å². The number of anilines is 1. The van der Waals surface area contributed by atoms with E-state index in [4.69, 9.17) is 9.15 Å². The Hall–Kier alpha value is -1.15. The molecule has 0 radical (unpaired) electrons. The fraction of sp³-hybridized carbons (Fsp3) is 0.273. The van der Waals surface area contributed by atoms with Crippen molar-refractivity contribution in [3.05, 3.63) is 27.9 Å². The average Bonchev–Trinajstić information content (AvgIpc) is 2.85. The summed E-state index contributed by atoms with van der Waals surface area (Å²) >= 11 is 2.21. The second kappa shape index (κ2) is 5.46. The molecular weight excluding hydrogens is 333 g/mol. The molecule has 0 atom stereocenters. The van der Waals surface area contributed by atoms with Crippen LogP contribution < -0.4 is 5.32 Å². The van der Waals surface area contributed by atoms with Crippen molar-refractivity contribution in [2.45, 2.75) is 6.61 Å². The van der Waals surface area contributed by atoms with Crippen LogP contribution in [0.2, 0.25) is 0 Å². The van der Waals surface area contributed by atoms with Crippen LogP contribution in [0.25, 0.3) is 11.4 Å². The Kier molecular flexibility index (Phi) is 3.95. The molecule has 0 saturated heterocycles. The second-order valence-electron chi connectivity index (χ2n) is 3.35. The number of nitrogens with one attached hydrogen (secondary N) is 1. The van der Waals surface area contributed by atoms with E-state index < -0.39 is 0 Å². The number of hydrogen-bond acceptors (Lipinski definition) is 5. The minimum Gasteiger partial charge on any atom is -0.472 e. The molecule has 2 rings (SSSR count). The van der Waals surface area contributed by atoms with Crippen molar-refractivity contribution < 1.29 is 9.15 Å². The third-order valence-electron chi connectivity index (χ3n) is 2.22. The lowest BCUT2D eigenvalue weighted by molar-refractivity contribution is 0.181. The first kappa shape index (κ1) is 12.3. The maximum atomic E-state index is 5.13. The van der Waals surface area contributed by atoms with Crippen LogP contribution in [0.3, 0.4) is 0 Å². The largest absolute Gasteiger partial charge is 0.472 e. The summed E-state index contributed by atoms with van der Waals surface area (Å²) in [6.45, 7) is 0.459. The van der Waals surface area contributed by atoms with E-state index in [1.165, 1.54) is 0 Å². The van der Waals surface area contributed by atoms with Crippen molar-refractivity contribution >= 4 is 28.4 Å². The van der Waals surface area contributed by atoms with Gasteiger partial charge in [-0.1, -0.05) is 0 Å². The van der Waals surface area contributed by atoms with Gasteiger partial charge in [-0.25, -0.2) is 9.97 Å². The van der Waals surface area contributed by atoms with E-state index in [0.29, 0.717) is 12.4 Å². The Balaban J connectivity index is 2.50. The molecule has 0 spiro atoms. The molecule has 2 aromatic heterocycles. The SMILES string of the molecule is CNc1nc(-c2ccoc2)nc(COC)c1I. The molecule has 0 fully saturated rings. The first-order chi connectivity index (χ1) is 8.26. The standard InChI is InChI=1S/C11H12IN3O2/c1-13-11-9(12)8(6-16-2)14-10(15-11)7-3-4-17-5-7/h3-5H,6H2,1-2H3,(H,13,14,15). The van der Waals surface area contributed by atoms with Crippen LogP contribution in [0, 0.1) is 3.57 Å². The van der Waals surface area contributed by atoms with Crippen molar-refractivity contribution in [3.8, 4) is 11.4 Å². The Morgan fingerprint density at radius 1 is 1.47 bits per heavy atom. The van der Waals surface area contributed by atoms with Crippen LogP contribution >= 0.6 is 22.6 Å². The van der Waals surface area contributed by atoms with Gasteiger partial charge >= 0.3 is 0 Å². The maximum Gasteiger partial charge on any atom is 0.165 e. The van der Waals surface area contributed by atoms with Gasteiger partial charge in [0.05, 0.1) is 27.7 Å². The zero-order chi connectivity index (χ0) is 12.3. The van der Waals surface area contributed by atoms with Gasteiger partial charge in [-0.2, -0.15) is 0 Å². The Morgan fingerprint density at radius 3 is 2.88 bits per heavy atom. The Morgan fingerprint density at radius 2 is 2.29 bits per heavy atom. The molecule has 0 aliphatic heterocycles. The maximum absolute atomic E-state index is 5.13. The van der Waals surface area contributed by atoms with Gasteiger partial charge in [0, 0.05) is 14.2 Å². The highest BCUT2D eigenvalue weighted by atomic mass is 127. The number of aromatic nitrogens is 2. The van der Waals surface area contributed by atoms with Gasteiger partial charge in [0.1, 0.15) is 12.1 Å². The molecule has 5 nitrogen and oxygen atoms in total. The molecule has 2 aromatic rings. The molecule has 0 bridgehead atoms. The van der Waals surface area contributed by atoms with Crippen molar-refractivity contribution in [1.82, 2.24) is 9.97 Å². The van der Waals surface area contributed by atoms with Crippen LogP contribution in [0.4, 0.5) is 5.82 Å². The fourth-order valence-electron chi connectivity index (χ4n) is 1.41. The second-order valence-corrected chi connectivity index (χ2v) is 4.43. The van der Waals surface area contributed by atoms with Crippen molar-refractivity contribution in [2.75, 3.05) is 19.5 Å². The summed E-state index contributed by atoms with van der Waals surface area (Å²) in [6.07, 6.45) is 3.23. The summed E-state index contributed by atoms with van der Waals surface area (Å²) in [4.78, 5) is 8.90. The van der Waals surface area contributed by atoms with Gasteiger partial charge in [0.2, 0.25) is 0 Å². The first-order valence-electron chi connectivity index (χ1n) is 5.02. The molecule has 1 N–H and O–H groups in total. The van der Waals surface area contributed by atoms with Crippen LogP contribution in [0.1, 0.15) is 5.69 Å². The van der Waals surface area contributed by atoms with Crippen LogP contribution in [0.5, 0.6) is 0 Å². The first-order valence-corrected chi connectivity index (χ1v) is 6.09. The summed E-state index contributed by atoms with van der Waals surface area (Å²) in [5.74, 6) is 1.43. The van der Waals surface area contributed by atoms with Crippen molar-refractivity contribution in [3.63, 3.8) is 0 Å². The number of rotatable bonds is 4. The molecule has 17 heavy (non-hydrogen) atoms. The lowest BCUT2D eigenvalue weighted by Gasteiger charge is -2.09. The fourth-order valence-corrected chi connectivity index (χ4v) is 2.08. The molecule has 0 saturated carbocycles. The van der Waals surface area contributed by atoms with E-state index in [9.17, 15) is 0 Å². The molecule has 0 aliphatic rings. The number of nitrogens with zero attached hydrogens (tertiary/aromatic N) is 2. The summed E-state index contributed by atoms with van der Waals surface area (Å²) in [5, 5.41) is 3.05. The normalized spacial score (nSPS) is 10.5.